The Bertz CT molecular complexity index is 962. The molecule has 0 aliphatic carbocycles. The number of hydrogen-bond acceptors (Lipinski definition) is 6. The molecular formula is C25H33NO6. The number of carbonyl (C=O) groups is 1. The highest BCUT2D eigenvalue weighted by atomic mass is 16.6. The Morgan fingerprint density at radius 3 is 2.16 bits per heavy atom. The van der Waals surface area contributed by atoms with Crippen LogP contribution >= 0.6 is 0 Å². The molecule has 2 aromatic rings. The molecule has 32 heavy (non-hydrogen) atoms. The van der Waals surface area contributed by atoms with Crippen molar-refractivity contribution in [3.63, 3.8) is 0 Å². The Morgan fingerprint density at radius 1 is 1.00 bits per heavy atom. The fourth-order valence-corrected chi connectivity index (χ4v) is 3.89. The van der Waals surface area contributed by atoms with Gasteiger partial charge in [-0.15, -0.1) is 0 Å². The molecule has 1 saturated heterocycles. The number of nitrogens with zero attached hydrogens (tertiary/aromatic N) is 1. The van der Waals surface area contributed by atoms with Crippen molar-refractivity contribution in [1.29, 1.82) is 0 Å². The summed E-state index contributed by atoms with van der Waals surface area (Å²) in [4.78, 5) is 14.8. The normalized spacial score (nSPS) is 17.8. The molecule has 1 aliphatic rings. The quantitative estimate of drug-likeness (QED) is 0.614. The van der Waals surface area contributed by atoms with Gasteiger partial charge in [0.2, 0.25) is 0 Å². The molecule has 0 N–H and O–H groups in total. The third-order valence-corrected chi connectivity index (χ3v) is 5.37. The Kier molecular flexibility index (Phi) is 6.60. The fraction of sp³-hybridized carbons (Fsp3) is 0.480. The lowest BCUT2D eigenvalue weighted by atomic mass is 9.96. The Balaban J connectivity index is 2.13. The molecule has 1 amide bonds. The highest BCUT2D eigenvalue weighted by molar-refractivity contribution is 5.76. The summed E-state index contributed by atoms with van der Waals surface area (Å²) in [7, 11) is 4.87. The third-order valence-electron chi connectivity index (χ3n) is 5.37. The molecule has 1 atom stereocenters. The van der Waals surface area contributed by atoms with Gasteiger partial charge in [0.25, 0.3) is 0 Å². The standard InChI is InChI=1S/C25H33NO6/c1-24(2,3)32-23(27)26-21(15-31-25(26,4)5)20-14-18(29-7)13-19(22(20)30-8)16-9-11-17(28-6)12-10-16/h9-14,21H,15H2,1-8H3/t21-/m0/s1. The summed E-state index contributed by atoms with van der Waals surface area (Å²) in [6.45, 7) is 9.55. The number of rotatable bonds is 5. The minimum absolute atomic E-state index is 0.303. The molecule has 7 heteroatoms. The van der Waals surface area contributed by atoms with Crippen molar-refractivity contribution in [3.05, 3.63) is 42.0 Å². The van der Waals surface area contributed by atoms with Crippen LogP contribution < -0.4 is 14.2 Å². The van der Waals surface area contributed by atoms with Crippen molar-refractivity contribution < 1.29 is 28.5 Å². The molecule has 7 nitrogen and oxygen atoms in total. The van der Waals surface area contributed by atoms with E-state index in [0.717, 1.165) is 22.4 Å². The zero-order valence-electron chi connectivity index (χ0n) is 20.1. The van der Waals surface area contributed by atoms with Crippen molar-refractivity contribution in [1.82, 2.24) is 4.90 Å². The zero-order valence-corrected chi connectivity index (χ0v) is 20.1. The first-order valence-corrected chi connectivity index (χ1v) is 10.6. The number of ether oxygens (including phenoxy) is 5. The summed E-state index contributed by atoms with van der Waals surface area (Å²) in [5.41, 5.74) is 1.09. The lowest BCUT2D eigenvalue weighted by molar-refractivity contribution is -0.0626. The van der Waals surface area contributed by atoms with Crippen molar-refractivity contribution in [3.8, 4) is 28.4 Å². The predicted molar refractivity (Wildman–Crippen MR) is 122 cm³/mol. The van der Waals surface area contributed by atoms with Gasteiger partial charge >= 0.3 is 6.09 Å². The highest BCUT2D eigenvalue weighted by Crippen LogP contribution is 2.46. The van der Waals surface area contributed by atoms with E-state index >= 15 is 0 Å². The van der Waals surface area contributed by atoms with Crippen LogP contribution in [-0.4, -0.2) is 50.3 Å². The summed E-state index contributed by atoms with van der Waals surface area (Å²) in [5.74, 6) is 2.06. The maximum Gasteiger partial charge on any atom is 0.413 e. The summed E-state index contributed by atoms with van der Waals surface area (Å²) in [5, 5.41) is 0. The van der Waals surface area contributed by atoms with Crippen LogP contribution in [0.3, 0.4) is 0 Å². The van der Waals surface area contributed by atoms with Crippen molar-refractivity contribution in [2.45, 2.75) is 52.0 Å². The van der Waals surface area contributed by atoms with E-state index in [1.165, 1.54) is 0 Å². The number of hydrogen-bond donors (Lipinski definition) is 0. The third kappa shape index (κ3) is 4.78. The number of carbonyl (C=O) groups excluding carboxylic acids is 1. The maximum absolute atomic E-state index is 13.2. The molecule has 0 unspecified atom stereocenters. The molecule has 0 saturated carbocycles. The fourth-order valence-electron chi connectivity index (χ4n) is 3.89. The van der Waals surface area contributed by atoms with Gasteiger partial charge in [-0.25, -0.2) is 4.79 Å². The minimum atomic E-state index is -0.846. The molecule has 0 aromatic heterocycles. The van der Waals surface area contributed by atoms with Gasteiger partial charge in [-0.05, 0) is 64.4 Å². The van der Waals surface area contributed by atoms with E-state index in [4.69, 9.17) is 23.7 Å². The largest absolute Gasteiger partial charge is 0.497 e. The lowest BCUT2D eigenvalue weighted by Gasteiger charge is -2.35. The van der Waals surface area contributed by atoms with E-state index in [2.05, 4.69) is 0 Å². The summed E-state index contributed by atoms with van der Waals surface area (Å²) < 4.78 is 28.5. The average Bonchev–Trinajstić information content (AvgIpc) is 3.06. The zero-order chi connectivity index (χ0) is 23.7. The van der Waals surface area contributed by atoms with E-state index in [1.54, 1.807) is 26.2 Å². The number of methoxy groups -OCH3 is 3. The van der Waals surface area contributed by atoms with E-state index in [9.17, 15) is 4.79 Å². The SMILES string of the molecule is COc1ccc(-c2cc(OC)cc([C@@H]3COC(C)(C)N3C(=O)OC(C)(C)C)c2OC)cc1. The van der Waals surface area contributed by atoms with Crippen molar-refractivity contribution in [2.75, 3.05) is 27.9 Å². The van der Waals surface area contributed by atoms with Gasteiger partial charge < -0.3 is 23.7 Å². The van der Waals surface area contributed by atoms with E-state index in [0.29, 0.717) is 18.1 Å². The topological polar surface area (TPSA) is 66.5 Å². The molecule has 1 heterocycles. The molecule has 2 aromatic carbocycles. The van der Waals surface area contributed by atoms with E-state index in [-0.39, 0.29) is 0 Å². The second kappa shape index (κ2) is 8.90. The van der Waals surface area contributed by atoms with Gasteiger partial charge in [0.15, 0.2) is 0 Å². The van der Waals surface area contributed by atoms with Gasteiger partial charge in [0.05, 0.1) is 34.0 Å². The molecule has 1 fully saturated rings. The van der Waals surface area contributed by atoms with E-state index < -0.39 is 23.5 Å². The van der Waals surface area contributed by atoms with Crippen LogP contribution in [-0.2, 0) is 9.47 Å². The predicted octanol–water partition coefficient (Wildman–Crippen LogP) is 5.42. The van der Waals surface area contributed by atoms with Gasteiger partial charge in [-0.1, -0.05) is 12.1 Å². The van der Waals surface area contributed by atoms with Crippen LogP contribution in [0, 0.1) is 0 Å². The molecule has 0 radical (unpaired) electrons. The van der Waals surface area contributed by atoms with E-state index in [1.807, 2.05) is 71.0 Å². The van der Waals surface area contributed by atoms with Crippen molar-refractivity contribution >= 4 is 6.09 Å². The molecule has 0 bridgehead atoms. The molecular weight excluding hydrogens is 410 g/mol. The maximum atomic E-state index is 13.2. The van der Waals surface area contributed by atoms with Crippen LogP contribution in [0.2, 0.25) is 0 Å². The minimum Gasteiger partial charge on any atom is -0.497 e. The number of amides is 1. The molecule has 3 rings (SSSR count). The number of benzene rings is 2. The second-order valence-corrected chi connectivity index (χ2v) is 9.15. The first-order valence-electron chi connectivity index (χ1n) is 10.6. The van der Waals surface area contributed by atoms with Crippen LogP contribution in [0.1, 0.15) is 46.2 Å². The summed E-state index contributed by atoms with van der Waals surface area (Å²) in [6.07, 6.45) is -0.444. The van der Waals surface area contributed by atoms with Crippen LogP contribution in [0.5, 0.6) is 17.2 Å². The van der Waals surface area contributed by atoms with Crippen LogP contribution in [0.15, 0.2) is 36.4 Å². The Morgan fingerprint density at radius 2 is 1.62 bits per heavy atom. The van der Waals surface area contributed by atoms with Gasteiger partial charge in [0, 0.05) is 11.1 Å². The van der Waals surface area contributed by atoms with Gasteiger partial charge in [0.1, 0.15) is 28.6 Å². The lowest BCUT2D eigenvalue weighted by Crippen LogP contribution is -2.47. The molecule has 1 aliphatic heterocycles. The second-order valence-electron chi connectivity index (χ2n) is 9.15. The van der Waals surface area contributed by atoms with Crippen LogP contribution in [0.25, 0.3) is 11.1 Å². The summed E-state index contributed by atoms with van der Waals surface area (Å²) >= 11 is 0. The van der Waals surface area contributed by atoms with Crippen LogP contribution in [0.4, 0.5) is 4.79 Å². The monoisotopic (exact) mass is 443 g/mol. The summed E-state index contributed by atoms with van der Waals surface area (Å²) in [6, 6.07) is 11.1. The first-order chi connectivity index (χ1) is 15.0. The average molecular weight is 444 g/mol. The Labute approximate surface area is 190 Å². The molecule has 0 spiro atoms. The van der Waals surface area contributed by atoms with Gasteiger partial charge in [-0.3, -0.25) is 4.90 Å². The van der Waals surface area contributed by atoms with Gasteiger partial charge in [-0.2, -0.15) is 0 Å². The highest BCUT2D eigenvalue weighted by Gasteiger charge is 2.47. The molecule has 174 valence electrons. The Hall–Kier alpha value is -2.93. The smallest absolute Gasteiger partial charge is 0.413 e. The first kappa shape index (κ1) is 23.7. The van der Waals surface area contributed by atoms with Crippen molar-refractivity contribution in [2.24, 2.45) is 0 Å².